The number of nitrogens with one attached hydrogen (secondary N) is 3. The highest BCUT2D eigenvalue weighted by molar-refractivity contribution is 6.30. The van der Waals surface area contributed by atoms with E-state index in [1.807, 2.05) is 54.6 Å². The van der Waals surface area contributed by atoms with Crippen molar-refractivity contribution in [3.63, 3.8) is 0 Å². The summed E-state index contributed by atoms with van der Waals surface area (Å²) in [5, 5.41) is 13.8. The lowest BCUT2D eigenvalue weighted by molar-refractivity contribution is -0.133. The standard InChI is InChI=1S/C58H56ClFN8O9/c1-58(2,3)77-56(73)63-50-32-38(37-11-10-12-39(59)31-37)33-62-52(50)54(71)61-21-27-75-28-26-68(57(74)76-35-47-42-15-6-4-13-40(42)41-14-5-7-16-43(41)47)34-51(69)66-22-24-67(25-23-66)55(72)46-29-36(19-20-48(46)60)30-49-44-17-8-9-18-45(44)53(70)65-64-49/h4-20,29,31-33,47H,21-28,30,34-35H2,1-3H3,(H,61,71)(H,63,73)(H,65,70). The van der Waals surface area contributed by atoms with Crippen LogP contribution in [0.3, 0.4) is 0 Å². The van der Waals surface area contributed by atoms with E-state index in [1.165, 1.54) is 28.1 Å². The van der Waals surface area contributed by atoms with Crippen LogP contribution in [0.1, 0.15) is 69.9 Å². The van der Waals surface area contributed by atoms with Crippen molar-refractivity contribution in [3.05, 3.63) is 182 Å². The number of aromatic nitrogens is 3. The molecule has 396 valence electrons. The van der Waals surface area contributed by atoms with Crippen LogP contribution in [0.25, 0.3) is 33.0 Å². The Morgan fingerprint density at radius 3 is 2.21 bits per heavy atom. The lowest BCUT2D eigenvalue weighted by Crippen LogP contribution is -2.53. The van der Waals surface area contributed by atoms with Gasteiger partial charge < -0.3 is 29.3 Å². The molecule has 17 nitrogen and oxygen atoms in total. The second-order valence-electron chi connectivity index (χ2n) is 19.6. The fourth-order valence-corrected chi connectivity index (χ4v) is 9.63. The van der Waals surface area contributed by atoms with Gasteiger partial charge in [0, 0.05) is 73.8 Å². The monoisotopic (exact) mass is 1060 g/mol. The van der Waals surface area contributed by atoms with Crippen LogP contribution in [-0.2, 0) is 25.4 Å². The molecule has 1 saturated heterocycles. The highest BCUT2D eigenvalue weighted by Gasteiger charge is 2.32. The average Bonchev–Trinajstić information content (AvgIpc) is 3.74. The molecule has 1 aliphatic carbocycles. The number of aromatic amines is 1. The lowest BCUT2D eigenvalue weighted by atomic mass is 9.98. The number of anilines is 1. The van der Waals surface area contributed by atoms with E-state index in [9.17, 15) is 28.8 Å². The van der Waals surface area contributed by atoms with Gasteiger partial charge >= 0.3 is 12.2 Å². The van der Waals surface area contributed by atoms with Gasteiger partial charge in [0.1, 0.15) is 24.6 Å². The van der Waals surface area contributed by atoms with Crippen molar-refractivity contribution in [1.82, 2.24) is 35.2 Å². The van der Waals surface area contributed by atoms with Crippen LogP contribution in [0, 0.1) is 5.82 Å². The van der Waals surface area contributed by atoms with Crippen molar-refractivity contribution in [2.75, 3.05) is 71.0 Å². The summed E-state index contributed by atoms with van der Waals surface area (Å²) >= 11 is 6.23. The minimum atomic E-state index is -0.809. The number of nitrogens with zero attached hydrogens (tertiary/aromatic N) is 5. The van der Waals surface area contributed by atoms with E-state index in [0.29, 0.717) is 38.2 Å². The summed E-state index contributed by atoms with van der Waals surface area (Å²) in [5.41, 5.74) is 5.43. The van der Waals surface area contributed by atoms with Crippen LogP contribution in [0.4, 0.5) is 19.7 Å². The number of benzene rings is 5. The fraction of sp³-hybridized carbons (Fsp3) is 0.276. The van der Waals surface area contributed by atoms with Crippen LogP contribution >= 0.6 is 11.6 Å². The van der Waals surface area contributed by atoms with Gasteiger partial charge in [-0.25, -0.2) is 24.1 Å². The van der Waals surface area contributed by atoms with Crippen molar-refractivity contribution in [2.45, 2.75) is 38.7 Å². The number of H-pyrrole nitrogens is 1. The SMILES string of the molecule is CC(C)(C)OC(=O)Nc1cc(-c2cccc(Cl)c2)cnc1C(=O)NCCOCCN(CC(=O)N1CCN(C(=O)c2cc(Cc3n[nH]c(=O)c4ccccc34)ccc2F)CC1)C(=O)OCC1c2ccccc2-c2ccccc21. The Morgan fingerprint density at radius 2 is 1.49 bits per heavy atom. The molecule has 1 fully saturated rings. The van der Waals surface area contributed by atoms with E-state index < -0.39 is 41.3 Å². The molecule has 19 heteroatoms. The van der Waals surface area contributed by atoms with Gasteiger partial charge in [0.15, 0.2) is 5.69 Å². The average molecular weight is 1060 g/mol. The summed E-state index contributed by atoms with van der Waals surface area (Å²) in [4.78, 5) is 89.3. The number of halogens is 2. The maximum absolute atomic E-state index is 15.3. The predicted octanol–water partition coefficient (Wildman–Crippen LogP) is 8.70. The van der Waals surface area contributed by atoms with E-state index in [2.05, 4.69) is 25.8 Å². The zero-order valence-electron chi connectivity index (χ0n) is 42.6. The zero-order chi connectivity index (χ0) is 54.2. The van der Waals surface area contributed by atoms with Crippen LogP contribution in [0.5, 0.6) is 0 Å². The number of pyridine rings is 1. The van der Waals surface area contributed by atoms with Crippen molar-refractivity contribution in [1.29, 1.82) is 0 Å². The number of piperazine rings is 1. The summed E-state index contributed by atoms with van der Waals surface area (Å²) in [6.07, 6.45) is 0.220. The first-order valence-electron chi connectivity index (χ1n) is 25.1. The van der Waals surface area contributed by atoms with Crippen LogP contribution < -0.4 is 16.2 Å². The van der Waals surface area contributed by atoms with Gasteiger partial charge in [0.05, 0.1) is 35.5 Å². The number of hydrogen-bond acceptors (Lipinski definition) is 11. The smallest absolute Gasteiger partial charge is 0.412 e. The molecule has 3 N–H and O–H groups in total. The lowest BCUT2D eigenvalue weighted by Gasteiger charge is -2.36. The Kier molecular flexibility index (Phi) is 16.4. The molecule has 0 saturated carbocycles. The normalized spacial score (nSPS) is 13.2. The van der Waals surface area contributed by atoms with E-state index in [4.69, 9.17) is 25.8 Å². The zero-order valence-corrected chi connectivity index (χ0v) is 43.4. The second kappa shape index (κ2) is 23.6. The third kappa shape index (κ3) is 12.8. The molecular formula is C58H56ClFN8O9. The van der Waals surface area contributed by atoms with Crippen molar-refractivity contribution < 1.29 is 42.6 Å². The van der Waals surface area contributed by atoms with Crippen molar-refractivity contribution in [3.8, 4) is 22.3 Å². The summed E-state index contributed by atoms with van der Waals surface area (Å²) < 4.78 is 32.6. The number of amides is 5. The van der Waals surface area contributed by atoms with Gasteiger partial charge in [0.25, 0.3) is 17.4 Å². The Bertz CT molecular complexity index is 3390. The molecule has 0 bridgehead atoms. The van der Waals surface area contributed by atoms with E-state index in [0.717, 1.165) is 22.3 Å². The maximum atomic E-state index is 15.3. The molecule has 77 heavy (non-hydrogen) atoms. The minimum absolute atomic E-state index is 0.00799. The third-order valence-corrected chi connectivity index (χ3v) is 13.4. The maximum Gasteiger partial charge on any atom is 0.412 e. The summed E-state index contributed by atoms with van der Waals surface area (Å²) in [7, 11) is 0. The summed E-state index contributed by atoms with van der Waals surface area (Å²) in [5.74, 6) is -2.46. The second-order valence-corrected chi connectivity index (χ2v) is 20.0. The first-order valence-corrected chi connectivity index (χ1v) is 25.5. The largest absolute Gasteiger partial charge is 0.448 e. The molecule has 3 heterocycles. The molecule has 2 aliphatic rings. The highest BCUT2D eigenvalue weighted by atomic mass is 35.5. The predicted molar refractivity (Wildman–Crippen MR) is 288 cm³/mol. The highest BCUT2D eigenvalue weighted by Crippen LogP contribution is 2.44. The fourth-order valence-electron chi connectivity index (χ4n) is 9.44. The minimum Gasteiger partial charge on any atom is -0.448 e. The van der Waals surface area contributed by atoms with Crippen LogP contribution in [-0.4, -0.2) is 131 Å². The van der Waals surface area contributed by atoms with E-state index in [1.54, 1.807) is 80.3 Å². The molecule has 7 aromatic rings. The summed E-state index contributed by atoms with van der Waals surface area (Å²) in [6.45, 7) is 5.22. The molecule has 2 aromatic heterocycles. The van der Waals surface area contributed by atoms with Crippen molar-refractivity contribution in [2.24, 2.45) is 0 Å². The topological polar surface area (TPSA) is 205 Å². The number of hydrogen-bond donors (Lipinski definition) is 3. The Labute approximate surface area is 448 Å². The molecule has 1 aliphatic heterocycles. The Hall–Kier alpha value is -8.48. The number of carbonyl (C=O) groups is 5. The molecule has 0 radical (unpaired) electrons. The molecule has 0 spiro atoms. The van der Waals surface area contributed by atoms with Crippen molar-refractivity contribution >= 4 is 58.0 Å². The first-order chi connectivity index (χ1) is 37.1. The van der Waals surface area contributed by atoms with Gasteiger partial charge in [-0.05, 0) is 90.6 Å². The van der Waals surface area contributed by atoms with Crippen LogP contribution in [0.15, 0.2) is 132 Å². The van der Waals surface area contributed by atoms with Gasteiger partial charge in [-0.15, -0.1) is 0 Å². The van der Waals surface area contributed by atoms with Gasteiger partial charge in [-0.2, -0.15) is 5.10 Å². The first kappa shape index (κ1) is 53.3. The molecule has 0 unspecified atom stereocenters. The molecule has 5 amide bonds. The van der Waals surface area contributed by atoms with Gasteiger partial charge in [0.2, 0.25) is 5.91 Å². The molecule has 5 aromatic carbocycles. The quantitative estimate of drug-likeness (QED) is 0.0781. The number of rotatable bonds is 16. The van der Waals surface area contributed by atoms with Crippen LogP contribution in [0.2, 0.25) is 5.02 Å². The molecule has 0 atom stereocenters. The van der Waals surface area contributed by atoms with Gasteiger partial charge in [-0.1, -0.05) is 96.5 Å². The van der Waals surface area contributed by atoms with E-state index in [-0.39, 0.29) is 100 Å². The number of carbonyl (C=O) groups excluding carboxylic acids is 5. The Morgan fingerprint density at radius 1 is 0.805 bits per heavy atom. The van der Waals surface area contributed by atoms with Gasteiger partial charge in [-0.3, -0.25) is 29.4 Å². The molecule has 9 rings (SSSR count). The van der Waals surface area contributed by atoms with E-state index >= 15 is 4.39 Å². The summed E-state index contributed by atoms with van der Waals surface area (Å²) in [6, 6.07) is 35.9. The third-order valence-electron chi connectivity index (χ3n) is 13.2. The number of ether oxygens (including phenoxy) is 3. The molecular weight excluding hydrogens is 1010 g/mol. The Balaban J connectivity index is 0.826. The number of fused-ring (bicyclic) bond motifs is 4.